The summed E-state index contributed by atoms with van der Waals surface area (Å²) >= 11 is 1.42. The molecule has 1 aromatic carbocycles. The van der Waals surface area contributed by atoms with Crippen LogP contribution >= 0.6 is 11.8 Å². The molecule has 1 saturated heterocycles. The van der Waals surface area contributed by atoms with Crippen LogP contribution in [0.1, 0.15) is 18.1 Å². The van der Waals surface area contributed by atoms with E-state index in [4.69, 9.17) is 9.47 Å². The largest absolute Gasteiger partial charge is 0.382 e. The van der Waals surface area contributed by atoms with E-state index in [0.717, 1.165) is 17.7 Å². The zero-order valence-corrected chi connectivity index (χ0v) is 18.7. The first-order valence-electron chi connectivity index (χ1n) is 10.4. The first-order valence-corrected chi connectivity index (χ1v) is 11.4. The van der Waals surface area contributed by atoms with Gasteiger partial charge < -0.3 is 14.6 Å². The summed E-state index contributed by atoms with van der Waals surface area (Å²) in [5.74, 6) is -1.53. The maximum Gasteiger partial charge on any atom is 0.177 e. The number of thioether (sulfide) groups is 1. The molecule has 2 aromatic heterocycles. The zero-order chi connectivity index (χ0) is 23.3. The molecule has 0 saturated carbocycles. The number of rotatable bonds is 8. The number of ether oxygens (including phenoxy) is 2. The molecule has 0 radical (unpaired) electrons. The van der Waals surface area contributed by atoms with Crippen molar-refractivity contribution >= 4 is 17.8 Å². The van der Waals surface area contributed by atoms with E-state index in [2.05, 4.69) is 15.1 Å². The second-order valence-corrected chi connectivity index (χ2v) is 9.37. The molecular formula is C23H24F2N4O3S. The minimum Gasteiger partial charge on any atom is -0.382 e. The van der Waals surface area contributed by atoms with Crippen molar-refractivity contribution in [2.75, 3.05) is 13.2 Å². The summed E-state index contributed by atoms with van der Waals surface area (Å²) in [6, 6.07) is 6.95. The molecule has 1 fully saturated rings. The van der Waals surface area contributed by atoms with E-state index >= 15 is 0 Å². The Kier molecular flexibility index (Phi) is 7.49. The predicted molar refractivity (Wildman–Crippen MR) is 120 cm³/mol. The van der Waals surface area contributed by atoms with Crippen molar-refractivity contribution in [1.82, 2.24) is 19.7 Å². The number of aliphatic hydroxyl groups is 1. The molecule has 174 valence electrons. The van der Waals surface area contributed by atoms with Gasteiger partial charge in [0.2, 0.25) is 0 Å². The van der Waals surface area contributed by atoms with E-state index < -0.39 is 28.8 Å². The van der Waals surface area contributed by atoms with Crippen LogP contribution in [0, 0.1) is 11.6 Å². The molecule has 0 spiro atoms. The van der Waals surface area contributed by atoms with Crippen LogP contribution in [-0.4, -0.2) is 54.9 Å². The summed E-state index contributed by atoms with van der Waals surface area (Å²) in [7, 11) is 0. The summed E-state index contributed by atoms with van der Waals surface area (Å²) in [4.78, 5) is 7.95. The van der Waals surface area contributed by atoms with Crippen molar-refractivity contribution < 1.29 is 23.4 Å². The molecule has 0 aliphatic carbocycles. The Morgan fingerprint density at radius 2 is 2.09 bits per heavy atom. The van der Waals surface area contributed by atoms with Crippen LogP contribution in [0.4, 0.5) is 8.78 Å². The first-order chi connectivity index (χ1) is 15.9. The van der Waals surface area contributed by atoms with E-state index in [1.807, 2.05) is 24.3 Å². The van der Waals surface area contributed by atoms with E-state index in [9.17, 15) is 13.9 Å². The molecule has 3 heterocycles. The number of aromatic nitrogens is 4. The van der Waals surface area contributed by atoms with E-state index in [0.29, 0.717) is 13.2 Å². The Bertz CT molecular complexity index is 1060. The van der Waals surface area contributed by atoms with Crippen molar-refractivity contribution in [2.45, 2.75) is 35.9 Å². The zero-order valence-electron chi connectivity index (χ0n) is 17.9. The normalized spacial score (nSPS) is 21.7. The molecule has 7 nitrogen and oxygen atoms in total. The van der Waals surface area contributed by atoms with Crippen LogP contribution in [0.2, 0.25) is 0 Å². The van der Waals surface area contributed by atoms with Gasteiger partial charge in [-0.15, -0.1) is 11.8 Å². The third kappa shape index (κ3) is 5.83. The molecular weight excluding hydrogens is 450 g/mol. The minimum atomic E-state index is -1.67. The van der Waals surface area contributed by atoms with Crippen LogP contribution in [0.5, 0.6) is 0 Å². The maximum atomic E-state index is 14.7. The molecule has 4 rings (SSSR count). The van der Waals surface area contributed by atoms with Crippen molar-refractivity contribution in [3.05, 3.63) is 84.2 Å². The molecule has 33 heavy (non-hydrogen) atoms. The van der Waals surface area contributed by atoms with Gasteiger partial charge in [0.15, 0.2) is 6.29 Å². The molecule has 3 aromatic rings. The highest BCUT2D eigenvalue weighted by Gasteiger charge is 2.41. The highest BCUT2D eigenvalue weighted by atomic mass is 32.2. The number of pyridine rings is 1. The van der Waals surface area contributed by atoms with Crippen LogP contribution in [0.3, 0.4) is 0 Å². The number of hydrogen-bond acceptors (Lipinski definition) is 7. The van der Waals surface area contributed by atoms with Crippen LogP contribution in [0.25, 0.3) is 6.08 Å². The lowest BCUT2D eigenvalue weighted by Gasteiger charge is -2.37. The summed E-state index contributed by atoms with van der Waals surface area (Å²) in [6.45, 7) is 2.53. The highest BCUT2D eigenvalue weighted by Crippen LogP contribution is 2.38. The summed E-state index contributed by atoms with van der Waals surface area (Å²) in [5, 5.41) is 15.1. The summed E-state index contributed by atoms with van der Waals surface area (Å²) < 4.78 is 41.2. The average Bonchev–Trinajstić information content (AvgIpc) is 3.32. The van der Waals surface area contributed by atoms with Gasteiger partial charge in [-0.25, -0.2) is 18.4 Å². The highest BCUT2D eigenvalue weighted by molar-refractivity contribution is 8.00. The molecule has 1 unspecified atom stereocenters. The topological polar surface area (TPSA) is 82.3 Å². The predicted octanol–water partition coefficient (Wildman–Crippen LogP) is 3.42. The fourth-order valence-electron chi connectivity index (χ4n) is 3.59. The number of hydrogen-bond donors (Lipinski definition) is 1. The van der Waals surface area contributed by atoms with E-state index in [1.165, 1.54) is 35.2 Å². The third-order valence-electron chi connectivity index (χ3n) is 5.36. The van der Waals surface area contributed by atoms with Gasteiger partial charge in [-0.3, -0.25) is 4.98 Å². The minimum absolute atomic E-state index is 0.00525. The second-order valence-electron chi connectivity index (χ2n) is 7.72. The summed E-state index contributed by atoms with van der Waals surface area (Å²) in [5.41, 5.74) is -0.739. The Balaban J connectivity index is 1.43. The Labute approximate surface area is 194 Å². The van der Waals surface area contributed by atoms with Gasteiger partial charge >= 0.3 is 0 Å². The Morgan fingerprint density at radius 1 is 1.27 bits per heavy atom. The van der Waals surface area contributed by atoms with Crippen molar-refractivity contribution in [2.24, 2.45) is 0 Å². The lowest BCUT2D eigenvalue weighted by molar-refractivity contribution is -0.146. The molecule has 1 aliphatic heterocycles. The van der Waals surface area contributed by atoms with Crippen molar-refractivity contribution in [3.8, 4) is 0 Å². The van der Waals surface area contributed by atoms with E-state index in [1.54, 1.807) is 19.3 Å². The number of benzene rings is 1. The van der Waals surface area contributed by atoms with Gasteiger partial charge in [-0.1, -0.05) is 25.1 Å². The second kappa shape index (κ2) is 10.5. The smallest absolute Gasteiger partial charge is 0.177 e. The SMILES string of the molecule is CC(SC1COC(C=Cc2cccnc2)OC1)[C@](O)(Cn1cncn1)c1ccc(F)cc1F. The molecule has 0 bridgehead atoms. The Hall–Kier alpha value is -2.66. The van der Waals surface area contributed by atoms with Gasteiger partial charge in [0.1, 0.15) is 29.9 Å². The van der Waals surface area contributed by atoms with Crippen molar-refractivity contribution in [3.63, 3.8) is 0 Å². The van der Waals surface area contributed by atoms with Gasteiger partial charge in [0.25, 0.3) is 0 Å². The Morgan fingerprint density at radius 3 is 2.76 bits per heavy atom. The third-order valence-corrected chi connectivity index (χ3v) is 6.81. The lowest BCUT2D eigenvalue weighted by atomic mass is 9.90. The quantitative estimate of drug-likeness (QED) is 0.536. The number of halogens is 2. The van der Waals surface area contributed by atoms with Crippen LogP contribution < -0.4 is 0 Å². The molecule has 2 atom stereocenters. The van der Waals surface area contributed by atoms with Gasteiger partial charge in [-0.05, 0) is 23.8 Å². The van der Waals surface area contributed by atoms with Crippen molar-refractivity contribution in [1.29, 1.82) is 0 Å². The fraction of sp³-hybridized carbons (Fsp3) is 0.348. The lowest BCUT2D eigenvalue weighted by Crippen LogP contribution is -2.43. The molecule has 1 aliphatic rings. The van der Waals surface area contributed by atoms with E-state index in [-0.39, 0.29) is 17.4 Å². The fourth-order valence-corrected chi connectivity index (χ4v) is 4.91. The van der Waals surface area contributed by atoms with Gasteiger partial charge in [0, 0.05) is 29.3 Å². The number of nitrogens with zero attached hydrogens (tertiary/aromatic N) is 4. The van der Waals surface area contributed by atoms with Crippen LogP contribution in [0.15, 0.2) is 61.5 Å². The molecule has 10 heteroatoms. The first kappa shape index (κ1) is 23.5. The maximum absolute atomic E-state index is 14.7. The van der Waals surface area contributed by atoms with Crippen LogP contribution in [-0.2, 0) is 21.6 Å². The van der Waals surface area contributed by atoms with Gasteiger partial charge in [-0.2, -0.15) is 5.10 Å². The molecule has 0 amide bonds. The summed E-state index contributed by atoms with van der Waals surface area (Å²) in [6.07, 6.45) is 9.43. The molecule has 1 N–H and O–H groups in total. The average molecular weight is 475 g/mol. The standard InChI is InChI=1S/C23H24F2N4O3S/c1-16(33-19-11-31-22(32-12-19)7-4-17-3-2-8-26-10-17)23(30,13-29-15-27-14-28-29)20-6-5-18(24)9-21(20)25/h2-10,14-16,19,22,30H,11-13H2,1H3/t16?,19?,22?,23-/m1/s1. The monoisotopic (exact) mass is 474 g/mol. The van der Waals surface area contributed by atoms with Gasteiger partial charge in [0.05, 0.1) is 25.0 Å².